The lowest BCUT2D eigenvalue weighted by molar-refractivity contribution is 0.0761. The first kappa shape index (κ1) is 15.3. The van der Waals surface area contributed by atoms with Gasteiger partial charge in [0.05, 0.1) is 0 Å². The minimum absolute atomic E-state index is 0.162. The van der Waals surface area contributed by atoms with Crippen molar-refractivity contribution >= 4 is 17.5 Å². The number of benzene rings is 1. The number of hydrogen-bond donors (Lipinski definition) is 0. The lowest BCUT2D eigenvalue weighted by Crippen LogP contribution is -2.36. The van der Waals surface area contributed by atoms with Crippen LogP contribution >= 0.6 is 11.6 Å². The fourth-order valence-corrected chi connectivity index (χ4v) is 2.98. The fourth-order valence-electron chi connectivity index (χ4n) is 2.74. The van der Waals surface area contributed by atoms with Gasteiger partial charge in [-0.25, -0.2) is 0 Å². The van der Waals surface area contributed by atoms with Crippen LogP contribution in [0.5, 0.6) is 0 Å². The van der Waals surface area contributed by atoms with Gasteiger partial charge in [-0.3, -0.25) is 4.79 Å². The maximum atomic E-state index is 12.6. The molecule has 2 rings (SSSR count). The molecule has 4 heteroatoms. The number of carbonyl (C=O) groups excluding carboxylic acids is 1. The van der Waals surface area contributed by atoms with E-state index >= 15 is 0 Å². The van der Waals surface area contributed by atoms with Crippen molar-refractivity contribution in [2.45, 2.75) is 20.3 Å². The Kier molecular flexibility index (Phi) is 5.44. The predicted molar refractivity (Wildman–Crippen MR) is 83.6 cm³/mol. The summed E-state index contributed by atoms with van der Waals surface area (Å²) in [5, 5.41) is 0. The molecule has 0 aliphatic carbocycles. The van der Waals surface area contributed by atoms with Crippen LogP contribution in [0.3, 0.4) is 0 Å². The summed E-state index contributed by atoms with van der Waals surface area (Å²) >= 11 is 5.80. The van der Waals surface area contributed by atoms with Gasteiger partial charge in [-0.15, -0.1) is 11.6 Å². The van der Waals surface area contributed by atoms with Crippen molar-refractivity contribution < 1.29 is 4.79 Å². The van der Waals surface area contributed by atoms with Crippen molar-refractivity contribution in [3.8, 4) is 0 Å². The molecule has 0 bridgehead atoms. The van der Waals surface area contributed by atoms with Crippen LogP contribution < -0.4 is 0 Å². The Balaban J connectivity index is 2.05. The molecule has 110 valence electrons. The first-order valence-electron chi connectivity index (χ1n) is 7.26. The van der Waals surface area contributed by atoms with Crippen molar-refractivity contribution in [1.82, 2.24) is 9.80 Å². The molecule has 0 radical (unpaired) electrons. The standard InChI is InChI=1S/C16H23ClN2O/c1-13-4-5-15(14(2)12-13)16(20)19-8-3-7-18(9-6-17)10-11-19/h4-5,12H,3,6-11H2,1-2H3. The zero-order chi connectivity index (χ0) is 14.5. The Labute approximate surface area is 126 Å². The SMILES string of the molecule is Cc1ccc(C(=O)N2CCCN(CCCl)CC2)c(C)c1. The van der Waals surface area contributed by atoms with E-state index in [9.17, 15) is 4.79 Å². The smallest absolute Gasteiger partial charge is 0.254 e. The third-order valence-corrected chi connectivity index (χ3v) is 4.06. The minimum atomic E-state index is 0.162. The first-order valence-corrected chi connectivity index (χ1v) is 7.80. The molecular formula is C16H23ClN2O. The van der Waals surface area contributed by atoms with Crippen LogP contribution in [0.25, 0.3) is 0 Å². The Morgan fingerprint density at radius 1 is 1.20 bits per heavy atom. The van der Waals surface area contributed by atoms with Crippen LogP contribution in [0.2, 0.25) is 0 Å². The highest BCUT2D eigenvalue weighted by atomic mass is 35.5. The Hall–Kier alpha value is -1.06. The summed E-state index contributed by atoms with van der Waals surface area (Å²) in [6.07, 6.45) is 1.02. The van der Waals surface area contributed by atoms with E-state index in [0.717, 1.165) is 50.3 Å². The van der Waals surface area contributed by atoms with Gasteiger partial charge in [-0.05, 0) is 38.4 Å². The molecule has 1 saturated heterocycles. The van der Waals surface area contributed by atoms with Gasteiger partial charge in [0.2, 0.25) is 0 Å². The zero-order valence-electron chi connectivity index (χ0n) is 12.4. The van der Waals surface area contributed by atoms with Gasteiger partial charge in [0, 0.05) is 37.6 Å². The summed E-state index contributed by atoms with van der Waals surface area (Å²) in [5.74, 6) is 0.820. The summed E-state index contributed by atoms with van der Waals surface area (Å²) in [7, 11) is 0. The van der Waals surface area contributed by atoms with E-state index in [-0.39, 0.29) is 5.91 Å². The zero-order valence-corrected chi connectivity index (χ0v) is 13.1. The molecule has 0 spiro atoms. The molecule has 0 aromatic heterocycles. The molecule has 0 N–H and O–H groups in total. The molecular weight excluding hydrogens is 272 g/mol. The second-order valence-corrected chi connectivity index (χ2v) is 5.87. The molecule has 1 aliphatic heterocycles. The second-order valence-electron chi connectivity index (χ2n) is 5.49. The molecule has 0 atom stereocenters. The van der Waals surface area contributed by atoms with Crippen LogP contribution in [0, 0.1) is 13.8 Å². The summed E-state index contributed by atoms with van der Waals surface area (Å²) in [6, 6.07) is 6.04. The fraction of sp³-hybridized carbons (Fsp3) is 0.562. The number of halogens is 1. The number of aryl methyl sites for hydroxylation is 2. The summed E-state index contributed by atoms with van der Waals surface area (Å²) in [6.45, 7) is 8.56. The Morgan fingerprint density at radius 3 is 2.70 bits per heavy atom. The summed E-state index contributed by atoms with van der Waals surface area (Å²) in [4.78, 5) is 16.9. The topological polar surface area (TPSA) is 23.6 Å². The second kappa shape index (κ2) is 7.09. The molecule has 1 fully saturated rings. The third-order valence-electron chi connectivity index (χ3n) is 3.89. The third kappa shape index (κ3) is 3.74. The Bertz CT molecular complexity index is 476. The highest BCUT2D eigenvalue weighted by Gasteiger charge is 2.21. The molecule has 1 heterocycles. The number of amides is 1. The van der Waals surface area contributed by atoms with Gasteiger partial charge in [0.15, 0.2) is 0 Å². The average molecular weight is 295 g/mol. The van der Waals surface area contributed by atoms with E-state index in [1.807, 2.05) is 24.0 Å². The average Bonchev–Trinajstić information content (AvgIpc) is 2.64. The van der Waals surface area contributed by atoms with Gasteiger partial charge in [0.1, 0.15) is 0 Å². The van der Waals surface area contributed by atoms with E-state index in [2.05, 4.69) is 17.9 Å². The van der Waals surface area contributed by atoms with E-state index < -0.39 is 0 Å². The molecule has 0 unspecified atom stereocenters. The van der Waals surface area contributed by atoms with Crippen molar-refractivity contribution in [3.05, 3.63) is 34.9 Å². The summed E-state index contributed by atoms with van der Waals surface area (Å²) in [5.41, 5.74) is 3.10. The van der Waals surface area contributed by atoms with Crippen molar-refractivity contribution in [2.75, 3.05) is 38.6 Å². The lowest BCUT2D eigenvalue weighted by atomic mass is 10.0. The van der Waals surface area contributed by atoms with Crippen LogP contribution in [0.4, 0.5) is 0 Å². The molecule has 1 amide bonds. The normalized spacial score (nSPS) is 17.1. The molecule has 20 heavy (non-hydrogen) atoms. The molecule has 1 aliphatic rings. The van der Waals surface area contributed by atoms with Crippen LogP contribution in [0.15, 0.2) is 18.2 Å². The van der Waals surface area contributed by atoms with Crippen molar-refractivity contribution in [2.24, 2.45) is 0 Å². The largest absolute Gasteiger partial charge is 0.337 e. The van der Waals surface area contributed by atoms with E-state index in [1.54, 1.807) is 0 Å². The van der Waals surface area contributed by atoms with E-state index in [4.69, 9.17) is 11.6 Å². The highest BCUT2D eigenvalue weighted by Crippen LogP contribution is 2.15. The molecule has 1 aromatic carbocycles. The van der Waals surface area contributed by atoms with Gasteiger partial charge < -0.3 is 9.80 Å². The van der Waals surface area contributed by atoms with Gasteiger partial charge in [-0.1, -0.05) is 17.7 Å². The Morgan fingerprint density at radius 2 is 2.00 bits per heavy atom. The number of nitrogens with zero attached hydrogens (tertiary/aromatic N) is 2. The van der Waals surface area contributed by atoms with Gasteiger partial charge in [0.25, 0.3) is 5.91 Å². The number of carbonyl (C=O) groups is 1. The number of alkyl halides is 1. The van der Waals surface area contributed by atoms with Crippen LogP contribution in [-0.4, -0.2) is 54.3 Å². The van der Waals surface area contributed by atoms with E-state index in [0.29, 0.717) is 5.88 Å². The maximum absolute atomic E-state index is 12.6. The molecule has 1 aromatic rings. The monoisotopic (exact) mass is 294 g/mol. The minimum Gasteiger partial charge on any atom is -0.337 e. The predicted octanol–water partition coefficient (Wildman–Crippen LogP) is 2.69. The van der Waals surface area contributed by atoms with Crippen molar-refractivity contribution in [3.63, 3.8) is 0 Å². The van der Waals surface area contributed by atoms with Gasteiger partial charge in [-0.2, -0.15) is 0 Å². The lowest BCUT2D eigenvalue weighted by Gasteiger charge is -2.22. The molecule has 0 saturated carbocycles. The van der Waals surface area contributed by atoms with Crippen molar-refractivity contribution in [1.29, 1.82) is 0 Å². The number of hydrogen-bond acceptors (Lipinski definition) is 2. The number of rotatable bonds is 3. The highest BCUT2D eigenvalue weighted by molar-refractivity contribution is 6.18. The first-order chi connectivity index (χ1) is 9.61. The van der Waals surface area contributed by atoms with Gasteiger partial charge >= 0.3 is 0 Å². The summed E-state index contributed by atoms with van der Waals surface area (Å²) < 4.78 is 0. The van der Waals surface area contributed by atoms with E-state index in [1.165, 1.54) is 5.56 Å². The quantitative estimate of drug-likeness (QED) is 0.800. The molecule has 3 nitrogen and oxygen atoms in total. The van der Waals surface area contributed by atoms with Crippen LogP contribution in [0.1, 0.15) is 27.9 Å². The maximum Gasteiger partial charge on any atom is 0.254 e. The van der Waals surface area contributed by atoms with Crippen LogP contribution in [-0.2, 0) is 0 Å².